The Labute approximate surface area is 190 Å². The number of rotatable bonds is 7. The van der Waals surface area contributed by atoms with Gasteiger partial charge in [-0.2, -0.15) is 0 Å². The molecule has 0 spiro atoms. The van der Waals surface area contributed by atoms with Crippen LogP contribution in [0.2, 0.25) is 0 Å². The fraction of sp³-hybridized carbons (Fsp3) is 0.600. The number of aromatic carboxylic acids is 1. The highest BCUT2D eigenvalue weighted by atomic mass is 19.1. The molecule has 6 nitrogen and oxygen atoms in total. The Morgan fingerprint density at radius 1 is 1.25 bits per heavy atom. The highest BCUT2D eigenvalue weighted by Crippen LogP contribution is 2.39. The van der Waals surface area contributed by atoms with Gasteiger partial charge in [-0.25, -0.2) is 9.18 Å². The summed E-state index contributed by atoms with van der Waals surface area (Å²) in [6.07, 6.45) is 3.39. The van der Waals surface area contributed by atoms with Crippen LogP contribution < -0.4 is 10.3 Å². The van der Waals surface area contributed by atoms with Gasteiger partial charge in [-0.05, 0) is 50.7 Å². The summed E-state index contributed by atoms with van der Waals surface area (Å²) in [6, 6.07) is 1.30. The summed E-state index contributed by atoms with van der Waals surface area (Å²) in [4.78, 5) is 25.9. The molecule has 1 aliphatic carbocycles. The number of aliphatic hydroxyl groups is 1. The molecule has 32 heavy (non-hydrogen) atoms. The van der Waals surface area contributed by atoms with E-state index >= 15 is 4.39 Å². The number of benzene rings is 1. The van der Waals surface area contributed by atoms with Crippen molar-refractivity contribution < 1.29 is 19.4 Å². The normalized spacial score (nSPS) is 14.6. The summed E-state index contributed by atoms with van der Waals surface area (Å²) in [5.74, 6) is -1.69. The largest absolute Gasteiger partial charge is 0.477 e. The van der Waals surface area contributed by atoms with Crippen LogP contribution in [0.5, 0.6) is 0 Å². The number of nitrogens with zero attached hydrogens (tertiary/aromatic N) is 2. The molecule has 1 saturated carbocycles. The summed E-state index contributed by atoms with van der Waals surface area (Å²) in [5, 5.41) is 19.1. The molecule has 0 saturated heterocycles. The molecular formula is C25H39FN2O4. The second-order valence-corrected chi connectivity index (χ2v) is 8.11. The minimum absolute atomic E-state index is 0.107. The third-order valence-corrected chi connectivity index (χ3v) is 5.36. The number of hydrogen-bond donors (Lipinski definition) is 2. The zero-order chi connectivity index (χ0) is 24.7. The molecule has 0 radical (unpaired) electrons. The Balaban J connectivity index is 0.00000121. The van der Waals surface area contributed by atoms with E-state index in [4.69, 9.17) is 0 Å². The van der Waals surface area contributed by atoms with Crippen LogP contribution in [0.1, 0.15) is 82.8 Å². The van der Waals surface area contributed by atoms with E-state index in [1.165, 1.54) is 12.3 Å². The molecular weight excluding hydrogens is 411 g/mol. The number of aliphatic hydroxyl groups excluding tert-OH is 1. The van der Waals surface area contributed by atoms with Crippen molar-refractivity contribution in [3.05, 3.63) is 39.4 Å². The summed E-state index contributed by atoms with van der Waals surface area (Å²) >= 11 is 0. The number of hydrogen-bond acceptors (Lipinski definition) is 4. The lowest BCUT2D eigenvalue weighted by molar-refractivity contribution is 0.0694. The maximum atomic E-state index is 15.0. The van der Waals surface area contributed by atoms with Crippen LogP contribution in [0.4, 0.5) is 10.1 Å². The van der Waals surface area contributed by atoms with Gasteiger partial charge in [-0.15, -0.1) is 0 Å². The maximum Gasteiger partial charge on any atom is 0.341 e. The number of pyridine rings is 1. The molecule has 1 aliphatic rings. The van der Waals surface area contributed by atoms with Crippen molar-refractivity contribution in [2.24, 2.45) is 5.92 Å². The molecule has 2 atom stereocenters. The lowest BCUT2D eigenvalue weighted by atomic mass is 10.0. The highest BCUT2D eigenvalue weighted by molar-refractivity contribution is 5.95. The average Bonchev–Trinajstić information content (AvgIpc) is 3.56. The quantitative estimate of drug-likeness (QED) is 0.592. The first kappa shape index (κ1) is 27.6. The van der Waals surface area contributed by atoms with Gasteiger partial charge in [0.05, 0.1) is 17.3 Å². The number of carboxylic acid groups (broad SMARTS) is 1. The molecule has 1 aromatic heterocycles. The number of anilines is 1. The first-order valence-corrected chi connectivity index (χ1v) is 11.6. The number of aryl methyl sites for hydroxylation is 1. The lowest BCUT2D eigenvalue weighted by Crippen LogP contribution is -2.28. The Hall–Kier alpha value is -2.41. The smallest absolute Gasteiger partial charge is 0.341 e. The molecule has 2 unspecified atom stereocenters. The molecule has 7 heteroatoms. The van der Waals surface area contributed by atoms with Gasteiger partial charge in [-0.1, -0.05) is 34.6 Å². The average molecular weight is 451 g/mol. The first-order valence-electron chi connectivity index (χ1n) is 11.6. The second-order valence-electron chi connectivity index (χ2n) is 8.11. The fourth-order valence-corrected chi connectivity index (χ4v) is 4.15. The Bertz CT molecular complexity index is 980. The minimum atomic E-state index is -1.30. The number of carboxylic acids is 1. The second kappa shape index (κ2) is 12.0. The molecule has 2 aromatic rings. The van der Waals surface area contributed by atoms with Gasteiger partial charge < -0.3 is 19.7 Å². The topological polar surface area (TPSA) is 82.8 Å². The van der Waals surface area contributed by atoms with Crippen LogP contribution >= 0.6 is 0 Å². The van der Waals surface area contributed by atoms with Crippen molar-refractivity contribution in [2.75, 3.05) is 18.5 Å². The van der Waals surface area contributed by atoms with E-state index in [0.29, 0.717) is 29.7 Å². The monoisotopic (exact) mass is 450 g/mol. The zero-order valence-electron chi connectivity index (χ0n) is 20.7. The Kier molecular flexibility index (Phi) is 10.4. The van der Waals surface area contributed by atoms with Crippen molar-refractivity contribution in [2.45, 2.75) is 79.9 Å². The lowest BCUT2D eigenvalue weighted by Gasteiger charge is -2.27. The van der Waals surface area contributed by atoms with Crippen LogP contribution in [-0.2, 0) is 0 Å². The third-order valence-electron chi connectivity index (χ3n) is 5.36. The van der Waals surface area contributed by atoms with E-state index < -0.39 is 23.3 Å². The van der Waals surface area contributed by atoms with Crippen LogP contribution in [0.3, 0.4) is 0 Å². The van der Waals surface area contributed by atoms with Gasteiger partial charge in [0.1, 0.15) is 11.4 Å². The first-order chi connectivity index (χ1) is 15.1. The van der Waals surface area contributed by atoms with Crippen LogP contribution in [0.25, 0.3) is 10.9 Å². The molecule has 180 valence electrons. The Morgan fingerprint density at radius 3 is 2.28 bits per heavy atom. The molecule has 3 rings (SSSR count). The van der Waals surface area contributed by atoms with Gasteiger partial charge in [0.25, 0.3) is 0 Å². The minimum Gasteiger partial charge on any atom is -0.477 e. The van der Waals surface area contributed by atoms with E-state index in [1.807, 2.05) is 44.1 Å². The molecule has 0 aliphatic heterocycles. The predicted octanol–water partition coefficient (Wildman–Crippen LogP) is 5.38. The van der Waals surface area contributed by atoms with E-state index in [-0.39, 0.29) is 22.9 Å². The van der Waals surface area contributed by atoms with Gasteiger partial charge in [-0.3, -0.25) is 4.79 Å². The van der Waals surface area contributed by atoms with E-state index in [0.717, 1.165) is 12.8 Å². The van der Waals surface area contributed by atoms with Crippen molar-refractivity contribution in [3.8, 4) is 0 Å². The number of halogens is 1. The summed E-state index contributed by atoms with van der Waals surface area (Å²) in [5.41, 5.74) is 0.649. The van der Waals surface area contributed by atoms with Crippen molar-refractivity contribution >= 4 is 22.6 Å². The number of aromatic nitrogens is 1. The van der Waals surface area contributed by atoms with Gasteiger partial charge in [0, 0.05) is 31.2 Å². The van der Waals surface area contributed by atoms with Crippen LogP contribution in [0, 0.1) is 18.7 Å². The van der Waals surface area contributed by atoms with Gasteiger partial charge in [0.2, 0.25) is 5.43 Å². The Morgan fingerprint density at radius 2 is 1.81 bits per heavy atom. The molecule has 2 N–H and O–H groups in total. The summed E-state index contributed by atoms with van der Waals surface area (Å²) in [7, 11) is 1.79. The van der Waals surface area contributed by atoms with E-state index in [1.54, 1.807) is 20.9 Å². The standard InChI is InChI=1S/C21H27FN2O4.2C2H6/c1-11(7-12(2)25)9-23(4)19-13(3)18-15(8-17(19)22)20(26)16(21(27)28)10-24(18)14-5-6-14;2*1-2/h8,10-12,14,25H,5-7,9H2,1-4H3,(H,27,28);2*1-2H3. The molecule has 0 amide bonds. The molecule has 1 heterocycles. The fourth-order valence-electron chi connectivity index (χ4n) is 4.15. The predicted molar refractivity (Wildman–Crippen MR) is 130 cm³/mol. The molecule has 1 aromatic carbocycles. The van der Waals surface area contributed by atoms with Crippen molar-refractivity contribution in [1.29, 1.82) is 0 Å². The van der Waals surface area contributed by atoms with Crippen molar-refractivity contribution in [3.63, 3.8) is 0 Å². The van der Waals surface area contributed by atoms with E-state index in [2.05, 4.69) is 0 Å². The van der Waals surface area contributed by atoms with Gasteiger partial charge >= 0.3 is 5.97 Å². The zero-order valence-corrected chi connectivity index (χ0v) is 20.7. The molecule has 1 fully saturated rings. The third kappa shape index (κ3) is 6.09. The van der Waals surface area contributed by atoms with Gasteiger partial charge in [0.15, 0.2) is 0 Å². The van der Waals surface area contributed by atoms with Crippen LogP contribution in [-0.4, -0.2) is 40.4 Å². The molecule has 0 bridgehead atoms. The number of carbonyl (C=O) groups is 1. The highest BCUT2D eigenvalue weighted by Gasteiger charge is 2.29. The SMILES string of the molecule is CC.CC.Cc1c(N(C)CC(C)CC(C)O)c(F)cc2c(=O)c(C(=O)O)cn(C3CC3)c12. The maximum absolute atomic E-state index is 15.0. The van der Waals surface area contributed by atoms with Crippen molar-refractivity contribution in [1.82, 2.24) is 4.57 Å². The summed E-state index contributed by atoms with van der Waals surface area (Å²) < 4.78 is 16.8. The summed E-state index contributed by atoms with van der Waals surface area (Å²) in [6.45, 7) is 14.0. The van der Waals surface area contributed by atoms with E-state index in [9.17, 15) is 19.8 Å². The van der Waals surface area contributed by atoms with Crippen LogP contribution in [0.15, 0.2) is 17.1 Å². The number of fused-ring (bicyclic) bond motifs is 1.